The normalized spacial score (nSPS) is 25.3. The van der Waals surface area contributed by atoms with Crippen LogP contribution in [0.15, 0.2) is 18.2 Å². The number of aliphatic hydroxyl groups excluding tert-OH is 1. The van der Waals surface area contributed by atoms with Crippen molar-refractivity contribution in [3.8, 4) is 0 Å². The van der Waals surface area contributed by atoms with Crippen LogP contribution in [0, 0.1) is 6.92 Å². The summed E-state index contributed by atoms with van der Waals surface area (Å²) < 4.78 is 5.54. The number of halogens is 1. The van der Waals surface area contributed by atoms with Gasteiger partial charge in [0.05, 0.1) is 19.3 Å². The maximum Gasteiger partial charge on any atom is 0.0933 e. The van der Waals surface area contributed by atoms with Gasteiger partial charge in [-0.1, -0.05) is 17.7 Å². The van der Waals surface area contributed by atoms with Crippen LogP contribution in [0.25, 0.3) is 0 Å². The fraction of sp³-hybridized carbons (Fsp3) is 0.571. The summed E-state index contributed by atoms with van der Waals surface area (Å²) >= 11 is 5.97. The quantitative estimate of drug-likeness (QED) is 0.913. The lowest BCUT2D eigenvalue weighted by atomic mass is 10.1. The van der Waals surface area contributed by atoms with Crippen LogP contribution in [0.1, 0.15) is 18.1 Å². The molecule has 0 aromatic heterocycles. The lowest BCUT2D eigenvalue weighted by Crippen LogP contribution is -2.48. The molecule has 18 heavy (non-hydrogen) atoms. The van der Waals surface area contributed by atoms with E-state index >= 15 is 0 Å². The Morgan fingerprint density at radius 3 is 2.94 bits per heavy atom. The fourth-order valence-corrected chi connectivity index (χ4v) is 2.49. The first kappa shape index (κ1) is 13.8. The average Bonchev–Trinajstić information content (AvgIpc) is 2.35. The molecule has 1 aliphatic rings. The van der Waals surface area contributed by atoms with Gasteiger partial charge in [0.1, 0.15) is 0 Å². The highest BCUT2D eigenvalue weighted by molar-refractivity contribution is 6.30. The Bertz CT molecular complexity index is 411. The summed E-state index contributed by atoms with van der Waals surface area (Å²) in [6.07, 6.45) is -0.0613. The number of benzene rings is 1. The maximum atomic E-state index is 9.18. The minimum absolute atomic E-state index is 0.0613. The Labute approximate surface area is 113 Å². The lowest BCUT2D eigenvalue weighted by molar-refractivity contribution is -0.0805. The van der Waals surface area contributed by atoms with Crippen LogP contribution < -0.4 is 0 Å². The van der Waals surface area contributed by atoms with Crippen LogP contribution in [0.3, 0.4) is 0 Å². The van der Waals surface area contributed by atoms with E-state index < -0.39 is 0 Å². The average molecular weight is 270 g/mol. The topological polar surface area (TPSA) is 32.7 Å². The third-order valence-electron chi connectivity index (χ3n) is 3.52. The smallest absolute Gasteiger partial charge is 0.0933 e. The number of aliphatic hydroxyl groups is 1. The predicted octanol–water partition coefficient (Wildman–Crippen LogP) is 2.23. The number of nitrogens with zero attached hydrogens (tertiary/aromatic N) is 1. The van der Waals surface area contributed by atoms with Crippen LogP contribution >= 0.6 is 11.6 Å². The summed E-state index contributed by atoms with van der Waals surface area (Å²) in [5.41, 5.74) is 2.49. The molecule has 1 heterocycles. The first-order valence-electron chi connectivity index (χ1n) is 6.31. The van der Waals surface area contributed by atoms with E-state index in [4.69, 9.17) is 16.3 Å². The third-order valence-corrected chi connectivity index (χ3v) is 3.75. The van der Waals surface area contributed by atoms with Gasteiger partial charge in [-0.3, -0.25) is 4.90 Å². The van der Waals surface area contributed by atoms with Crippen molar-refractivity contribution >= 4 is 11.6 Å². The molecule has 0 saturated carbocycles. The van der Waals surface area contributed by atoms with Gasteiger partial charge in [0.2, 0.25) is 0 Å². The van der Waals surface area contributed by atoms with Crippen LogP contribution in [-0.2, 0) is 11.3 Å². The van der Waals surface area contributed by atoms with E-state index in [0.717, 1.165) is 18.1 Å². The molecule has 2 atom stereocenters. The largest absolute Gasteiger partial charge is 0.394 e. The molecule has 1 aliphatic heterocycles. The number of hydrogen-bond acceptors (Lipinski definition) is 3. The zero-order valence-corrected chi connectivity index (χ0v) is 11.7. The van der Waals surface area contributed by atoms with Crippen molar-refractivity contribution in [1.29, 1.82) is 0 Å². The molecule has 1 aromatic rings. The summed E-state index contributed by atoms with van der Waals surface area (Å²) in [5.74, 6) is 0. The third kappa shape index (κ3) is 3.23. The molecule has 0 bridgehead atoms. The van der Waals surface area contributed by atoms with E-state index in [1.54, 1.807) is 0 Å². The molecule has 2 rings (SSSR count). The molecule has 1 N–H and O–H groups in total. The Morgan fingerprint density at radius 1 is 1.50 bits per heavy atom. The Balaban J connectivity index is 2.07. The van der Waals surface area contributed by atoms with Gasteiger partial charge in [0.25, 0.3) is 0 Å². The molecule has 4 heteroatoms. The minimum Gasteiger partial charge on any atom is -0.394 e. The monoisotopic (exact) mass is 269 g/mol. The second-order valence-electron chi connectivity index (χ2n) is 4.99. The summed E-state index contributed by atoms with van der Waals surface area (Å²) in [4.78, 5) is 2.35. The second-order valence-corrected chi connectivity index (χ2v) is 5.42. The van der Waals surface area contributed by atoms with Crippen molar-refractivity contribution in [3.05, 3.63) is 34.3 Å². The molecule has 0 aliphatic carbocycles. The zero-order chi connectivity index (χ0) is 13.1. The van der Waals surface area contributed by atoms with Crippen LogP contribution in [0.2, 0.25) is 5.02 Å². The number of morpholine rings is 1. The van der Waals surface area contributed by atoms with Crippen LogP contribution in [-0.4, -0.2) is 41.9 Å². The number of ether oxygens (including phenoxy) is 1. The summed E-state index contributed by atoms with van der Waals surface area (Å²) in [6, 6.07) is 6.38. The lowest BCUT2D eigenvalue weighted by Gasteiger charge is -2.37. The predicted molar refractivity (Wildman–Crippen MR) is 72.9 cm³/mol. The molecule has 0 radical (unpaired) electrons. The SMILES string of the molecule is Cc1cc(Cl)ccc1CN1C[C@H](CO)OC[C@@H]1C. The van der Waals surface area contributed by atoms with E-state index in [2.05, 4.69) is 24.8 Å². The van der Waals surface area contributed by atoms with Crippen molar-refractivity contribution in [2.24, 2.45) is 0 Å². The van der Waals surface area contributed by atoms with Gasteiger partial charge in [-0.05, 0) is 37.1 Å². The number of hydrogen-bond donors (Lipinski definition) is 1. The summed E-state index contributed by atoms with van der Waals surface area (Å²) in [7, 11) is 0. The van der Waals surface area contributed by atoms with Gasteiger partial charge in [-0.15, -0.1) is 0 Å². The van der Waals surface area contributed by atoms with Crippen molar-refractivity contribution in [2.45, 2.75) is 32.5 Å². The molecular weight excluding hydrogens is 250 g/mol. The van der Waals surface area contributed by atoms with Crippen LogP contribution in [0.4, 0.5) is 0 Å². The van der Waals surface area contributed by atoms with E-state index in [9.17, 15) is 5.11 Å². The van der Waals surface area contributed by atoms with E-state index in [0.29, 0.717) is 12.6 Å². The minimum atomic E-state index is -0.0613. The van der Waals surface area contributed by atoms with Gasteiger partial charge < -0.3 is 9.84 Å². The number of rotatable bonds is 3. The maximum absolute atomic E-state index is 9.18. The van der Waals surface area contributed by atoms with Gasteiger partial charge in [-0.25, -0.2) is 0 Å². The second kappa shape index (κ2) is 6.02. The van der Waals surface area contributed by atoms with Gasteiger partial charge in [0, 0.05) is 24.2 Å². The van der Waals surface area contributed by atoms with Crippen molar-refractivity contribution in [1.82, 2.24) is 4.90 Å². The van der Waals surface area contributed by atoms with E-state index in [1.807, 2.05) is 12.1 Å². The summed E-state index contributed by atoms with van der Waals surface area (Å²) in [5, 5.41) is 9.96. The van der Waals surface area contributed by atoms with Crippen LogP contribution in [0.5, 0.6) is 0 Å². The zero-order valence-electron chi connectivity index (χ0n) is 10.9. The summed E-state index contributed by atoms with van der Waals surface area (Å²) in [6.45, 7) is 6.65. The molecule has 3 nitrogen and oxygen atoms in total. The van der Waals surface area contributed by atoms with Crippen molar-refractivity contribution in [2.75, 3.05) is 19.8 Å². The molecule has 100 valence electrons. The first-order chi connectivity index (χ1) is 8.60. The Kier molecular flexibility index (Phi) is 4.62. The molecule has 0 spiro atoms. The molecule has 0 amide bonds. The van der Waals surface area contributed by atoms with Gasteiger partial charge in [-0.2, -0.15) is 0 Å². The first-order valence-corrected chi connectivity index (χ1v) is 6.69. The van der Waals surface area contributed by atoms with Crippen molar-refractivity contribution < 1.29 is 9.84 Å². The Hall–Kier alpha value is -0.610. The molecular formula is C14H20ClNO2. The molecule has 1 fully saturated rings. The Morgan fingerprint density at radius 2 is 2.28 bits per heavy atom. The number of aryl methyl sites for hydroxylation is 1. The molecule has 1 saturated heterocycles. The molecule has 1 aromatic carbocycles. The standard InChI is InChI=1S/C14H20ClNO2/c1-10-5-13(15)4-3-12(10)6-16-7-14(8-17)18-9-11(16)2/h3-5,11,14,17H,6-9H2,1-2H3/t11-,14+/m0/s1. The van der Waals surface area contributed by atoms with E-state index in [-0.39, 0.29) is 12.7 Å². The van der Waals surface area contributed by atoms with Gasteiger partial charge in [0.15, 0.2) is 0 Å². The van der Waals surface area contributed by atoms with E-state index in [1.165, 1.54) is 11.1 Å². The highest BCUT2D eigenvalue weighted by Gasteiger charge is 2.25. The highest BCUT2D eigenvalue weighted by Crippen LogP contribution is 2.20. The van der Waals surface area contributed by atoms with Gasteiger partial charge >= 0.3 is 0 Å². The fourth-order valence-electron chi connectivity index (χ4n) is 2.26. The highest BCUT2D eigenvalue weighted by atomic mass is 35.5. The molecule has 0 unspecified atom stereocenters. The van der Waals surface area contributed by atoms with Crippen molar-refractivity contribution in [3.63, 3.8) is 0 Å².